The van der Waals surface area contributed by atoms with Crippen molar-refractivity contribution in [2.45, 2.75) is 51.4 Å². The van der Waals surface area contributed by atoms with Crippen LogP contribution < -0.4 is 0 Å². The van der Waals surface area contributed by atoms with Crippen LogP contribution >= 0.6 is 0 Å². The average Bonchev–Trinajstić information content (AvgIpc) is 2.74. The first kappa shape index (κ1) is 12.6. The Morgan fingerprint density at radius 2 is 2.00 bits per heavy atom. The summed E-state index contributed by atoms with van der Waals surface area (Å²) in [6.45, 7) is 8.06. The Hall–Kier alpha value is -1.85. The summed E-state index contributed by atoms with van der Waals surface area (Å²) in [5.41, 5.74) is -0.129. The molecule has 0 radical (unpaired) electrons. The number of aromatic nitrogens is 2. The SMILES string of the molecule is CC1(C)CC(n2cnc(C#N)c2C#N)C(C)(C)O1. The minimum absolute atomic E-state index is 0.0109. The molecule has 5 nitrogen and oxygen atoms in total. The summed E-state index contributed by atoms with van der Waals surface area (Å²) in [5.74, 6) is 0. The van der Waals surface area contributed by atoms with Crippen LogP contribution in [0.2, 0.25) is 0 Å². The molecule has 0 aliphatic carbocycles. The van der Waals surface area contributed by atoms with Crippen LogP contribution in [0.1, 0.15) is 51.5 Å². The standard InChI is InChI=1S/C13H16N4O/c1-12(2)5-11(13(3,4)18-12)17-8-16-9(6-14)10(17)7-15/h8,11H,5H2,1-4H3. The van der Waals surface area contributed by atoms with Crippen LogP contribution in [0.25, 0.3) is 0 Å². The predicted molar refractivity (Wildman–Crippen MR) is 64.6 cm³/mol. The van der Waals surface area contributed by atoms with Crippen molar-refractivity contribution in [1.29, 1.82) is 10.5 Å². The number of nitriles is 2. The lowest BCUT2D eigenvalue weighted by atomic mass is 9.94. The van der Waals surface area contributed by atoms with Gasteiger partial charge in [0.25, 0.3) is 0 Å². The largest absolute Gasteiger partial charge is 0.367 e. The molecule has 0 N–H and O–H groups in total. The highest BCUT2D eigenvalue weighted by molar-refractivity contribution is 5.37. The zero-order valence-corrected chi connectivity index (χ0v) is 11.1. The van der Waals surface area contributed by atoms with Gasteiger partial charge in [-0.15, -0.1) is 0 Å². The van der Waals surface area contributed by atoms with E-state index < -0.39 is 0 Å². The van der Waals surface area contributed by atoms with Gasteiger partial charge in [-0.2, -0.15) is 10.5 Å². The van der Waals surface area contributed by atoms with Gasteiger partial charge in [-0.1, -0.05) is 0 Å². The lowest BCUT2D eigenvalue weighted by Crippen LogP contribution is -2.31. The van der Waals surface area contributed by atoms with Crippen molar-refractivity contribution in [3.8, 4) is 12.1 Å². The molecule has 1 unspecified atom stereocenters. The zero-order valence-electron chi connectivity index (χ0n) is 11.1. The molecule has 18 heavy (non-hydrogen) atoms. The summed E-state index contributed by atoms with van der Waals surface area (Å²) in [5, 5.41) is 18.1. The van der Waals surface area contributed by atoms with E-state index in [0.717, 1.165) is 6.42 Å². The van der Waals surface area contributed by atoms with Crippen molar-refractivity contribution in [2.75, 3.05) is 0 Å². The molecule has 94 valence electrons. The minimum Gasteiger partial charge on any atom is -0.367 e. The number of imidazole rings is 1. The number of hydrogen-bond donors (Lipinski definition) is 0. The molecule has 1 aliphatic rings. The van der Waals surface area contributed by atoms with E-state index in [4.69, 9.17) is 10.00 Å². The Morgan fingerprint density at radius 3 is 2.44 bits per heavy atom. The van der Waals surface area contributed by atoms with Crippen LogP contribution in [0.4, 0.5) is 0 Å². The van der Waals surface area contributed by atoms with E-state index in [2.05, 4.69) is 11.1 Å². The number of ether oxygens (including phenoxy) is 1. The summed E-state index contributed by atoms with van der Waals surface area (Å²) in [6.07, 6.45) is 2.35. The first-order valence-electron chi connectivity index (χ1n) is 5.88. The van der Waals surface area contributed by atoms with E-state index in [0.29, 0.717) is 5.69 Å². The molecule has 1 saturated heterocycles. The van der Waals surface area contributed by atoms with Gasteiger partial charge in [-0.25, -0.2) is 4.98 Å². The van der Waals surface area contributed by atoms with Gasteiger partial charge in [0.2, 0.25) is 0 Å². The van der Waals surface area contributed by atoms with Gasteiger partial charge in [-0.3, -0.25) is 0 Å². The number of rotatable bonds is 1. The quantitative estimate of drug-likeness (QED) is 0.758. The molecule has 1 fully saturated rings. The van der Waals surface area contributed by atoms with E-state index in [1.807, 2.05) is 33.8 Å². The molecule has 2 heterocycles. The van der Waals surface area contributed by atoms with E-state index in [9.17, 15) is 5.26 Å². The smallest absolute Gasteiger partial charge is 0.176 e. The summed E-state index contributed by atoms with van der Waals surface area (Å²) in [7, 11) is 0. The van der Waals surface area contributed by atoms with E-state index >= 15 is 0 Å². The average molecular weight is 244 g/mol. The van der Waals surface area contributed by atoms with Crippen LogP contribution in [0, 0.1) is 22.7 Å². The maximum atomic E-state index is 9.18. The predicted octanol–water partition coefficient (Wildman–Crippen LogP) is 2.15. The second-order valence-corrected chi connectivity index (χ2v) is 5.76. The molecule has 1 aliphatic heterocycles. The minimum atomic E-state index is -0.386. The molecule has 0 amide bonds. The highest BCUT2D eigenvalue weighted by atomic mass is 16.5. The summed E-state index contributed by atoms with van der Waals surface area (Å²) in [4.78, 5) is 3.99. The van der Waals surface area contributed by atoms with E-state index in [1.165, 1.54) is 0 Å². The van der Waals surface area contributed by atoms with Crippen molar-refractivity contribution < 1.29 is 4.74 Å². The molecule has 2 rings (SSSR count). The zero-order chi connectivity index (χ0) is 13.6. The van der Waals surface area contributed by atoms with Crippen LogP contribution in [-0.2, 0) is 4.74 Å². The molecule has 0 aromatic carbocycles. The molecular weight excluding hydrogens is 228 g/mol. The fourth-order valence-electron chi connectivity index (χ4n) is 2.76. The van der Waals surface area contributed by atoms with Gasteiger partial charge >= 0.3 is 0 Å². The Morgan fingerprint density at radius 1 is 1.33 bits per heavy atom. The fraction of sp³-hybridized carbons (Fsp3) is 0.615. The van der Waals surface area contributed by atoms with Gasteiger partial charge < -0.3 is 9.30 Å². The Labute approximate surface area is 107 Å². The highest BCUT2D eigenvalue weighted by Crippen LogP contribution is 2.45. The van der Waals surface area contributed by atoms with Crippen molar-refractivity contribution in [1.82, 2.24) is 9.55 Å². The lowest BCUT2D eigenvalue weighted by Gasteiger charge is -2.28. The Bertz CT molecular complexity index is 557. The first-order chi connectivity index (χ1) is 8.30. The second kappa shape index (κ2) is 3.83. The van der Waals surface area contributed by atoms with Crippen molar-refractivity contribution >= 4 is 0 Å². The number of hydrogen-bond acceptors (Lipinski definition) is 4. The van der Waals surface area contributed by atoms with Crippen molar-refractivity contribution in [3.63, 3.8) is 0 Å². The molecule has 1 atom stereocenters. The van der Waals surface area contributed by atoms with E-state index in [-0.39, 0.29) is 22.9 Å². The maximum Gasteiger partial charge on any atom is 0.176 e. The number of nitrogens with zero attached hydrogens (tertiary/aromatic N) is 4. The van der Waals surface area contributed by atoms with Gasteiger partial charge in [-0.05, 0) is 34.1 Å². The summed E-state index contributed by atoms with van der Waals surface area (Å²) >= 11 is 0. The molecule has 1 aromatic rings. The third-order valence-corrected chi connectivity index (χ3v) is 3.37. The Kier molecular flexibility index (Phi) is 2.68. The molecule has 0 saturated carbocycles. The highest BCUT2D eigenvalue weighted by Gasteiger charge is 2.47. The second-order valence-electron chi connectivity index (χ2n) is 5.76. The van der Waals surface area contributed by atoms with Gasteiger partial charge in [0.05, 0.1) is 23.6 Å². The fourth-order valence-corrected chi connectivity index (χ4v) is 2.76. The van der Waals surface area contributed by atoms with Gasteiger partial charge in [0, 0.05) is 0 Å². The topological polar surface area (TPSA) is 74.6 Å². The third-order valence-electron chi connectivity index (χ3n) is 3.37. The summed E-state index contributed by atoms with van der Waals surface area (Å²) < 4.78 is 7.78. The monoisotopic (exact) mass is 244 g/mol. The van der Waals surface area contributed by atoms with Crippen molar-refractivity contribution in [2.24, 2.45) is 0 Å². The van der Waals surface area contributed by atoms with Gasteiger partial charge in [0.1, 0.15) is 12.1 Å². The van der Waals surface area contributed by atoms with Crippen LogP contribution in [0.5, 0.6) is 0 Å². The first-order valence-corrected chi connectivity index (χ1v) is 5.88. The maximum absolute atomic E-state index is 9.18. The van der Waals surface area contributed by atoms with Crippen LogP contribution in [0.15, 0.2) is 6.33 Å². The lowest BCUT2D eigenvalue weighted by molar-refractivity contribution is -0.0729. The molecule has 1 aromatic heterocycles. The van der Waals surface area contributed by atoms with Crippen molar-refractivity contribution in [3.05, 3.63) is 17.7 Å². The third kappa shape index (κ3) is 1.87. The van der Waals surface area contributed by atoms with Crippen LogP contribution in [-0.4, -0.2) is 20.8 Å². The summed E-state index contributed by atoms with van der Waals surface area (Å²) in [6, 6.07) is 4.01. The van der Waals surface area contributed by atoms with Gasteiger partial charge in [0.15, 0.2) is 11.4 Å². The molecule has 5 heteroatoms. The van der Waals surface area contributed by atoms with Crippen LogP contribution in [0.3, 0.4) is 0 Å². The molecular formula is C13H16N4O. The molecule has 0 bridgehead atoms. The van der Waals surface area contributed by atoms with E-state index in [1.54, 1.807) is 10.9 Å². The Balaban J connectivity index is 2.48. The normalized spacial score (nSPS) is 24.4. The molecule has 0 spiro atoms.